The van der Waals surface area contributed by atoms with Gasteiger partial charge in [-0.1, -0.05) is 30.3 Å². The molecule has 2 aliphatic rings. The van der Waals surface area contributed by atoms with Crippen molar-refractivity contribution in [2.24, 2.45) is 23.5 Å². The van der Waals surface area contributed by atoms with Crippen LogP contribution in [0.5, 0.6) is 0 Å². The first-order chi connectivity index (χ1) is 7.40. The second kappa shape index (κ2) is 3.64. The predicted molar refractivity (Wildman–Crippen MR) is 62.6 cm³/mol. The minimum Gasteiger partial charge on any atom is -0.330 e. The molecule has 2 aliphatic carbocycles. The minimum absolute atomic E-state index is 0.756. The molecule has 3 rings (SSSR count). The van der Waals surface area contributed by atoms with Gasteiger partial charge in [-0.3, -0.25) is 0 Å². The van der Waals surface area contributed by atoms with Gasteiger partial charge in [0.05, 0.1) is 0 Å². The van der Waals surface area contributed by atoms with E-state index < -0.39 is 0 Å². The third kappa shape index (κ3) is 1.41. The molecule has 2 fully saturated rings. The Labute approximate surface area is 91.7 Å². The monoisotopic (exact) mass is 201 g/mol. The molecule has 0 unspecified atom stereocenters. The van der Waals surface area contributed by atoms with Crippen molar-refractivity contribution in [1.82, 2.24) is 0 Å². The lowest BCUT2D eigenvalue weighted by atomic mass is 9.75. The van der Waals surface area contributed by atoms with Crippen LogP contribution in [-0.2, 0) is 0 Å². The van der Waals surface area contributed by atoms with Gasteiger partial charge in [-0.15, -0.1) is 0 Å². The van der Waals surface area contributed by atoms with Crippen LogP contribution in [0.1, 0.15) is 30.7 Å². The van der Waals surface area contributed by atoms with E-state index in [0.29, 0.717) is 0 Å². The van der Waals surface area contributed by atoms with Crippen molar-refractivity contribution < 1.29 is 0 Å². The molecule has 0 radical (unpaired) electrons. The predicted octanol–water partition coefficient (Wildman–Crippen LogP) is 2.78. The molecule has 80 valence electrons. The summed E-state index contributed by atoms with van der Waals surface area (Å²) in [6, 6.07) is 11.0. The maximum atomic E-state index is 5.95. The molecule has 1 heteroatoms. The van der Waals surface area contributed by atoms with Crippen LogP contribution in [0.25, 0.3) is 0 Å². The average Bonchev–Trinajstić information content (AvgIpc) is 2.89. The van der Waals surface area contributed by atoms with Crippen molar-refractivity contribution >= 4 is 0 Å². The van der Waals surface area contributed by atoms with Gasteiger partial charge in [-0.05, 0) is 55.0 Å². The molecule has 4 atom stereocenters. The van der Waals surface area contributed by atoms with Gasteiger partial charge in [0.1, 0.15) is 0 Å². The van der Waals surface area contributed by atoms with Gasteiger partial charge in [0, 0.05) is 0 Å². The van der Waals surface area contributed by atoms with Crippen LogP contribution in [0.2, 0.25) is 0 Å². The molecule has 15 heavy (non-hydrogen) atoms. The van der Waals surface area contributed by atoms with Gasteiger partial charge < -0.3 is 5.73 Å². The SMILES string of the molecule is NC[C@@H]1[C@@H]2CC[C@@H](C2)[C@@H]1c1ccccc1. The fourth-order valence-electron chi connectivity index (χ4n) is 3.94. The summed E-state index contributed by atoms with van der Waals surface area (Å²) in [5.74, 6) is 3.36. The lowest BCUT2D eigenvalue weighted by Crippen LogP contribution is -2.27. The summed E-state index contributed by atoms with van der Waals surface area (Å²) >= 11 is 0. The van der Waals surface area contributed by atoms with Crippen LogP contribution in [0.3, 0.4) is 0 Å². The second-order valence-electron chi connectivity index (χ2n) is 5.17. The zero-order valence-electron chi connectivity index (χ0n) is 9.10. The van der Waals surface area contributed by atoms with Crippen LogP contribution in [-0.4, -0.2) is 6.54 Å². The Hall–Kier alpha value is -0.820. The van der Waals surface area contributed by atoms with Crippen LogP contribution in [0.15, 0.2) is 30.3 Å². The standard InChI is InChI=1S/C14H19N/c15-9-13-11-6-7-12(8-11)14(13)10-4-2-1-3-5-10/h1-5,11-14H,6-9,15H2/t11-,12+,13-,14+/m1/s1. The van der Waals surface area contributed by atoms with E-state index in [-0.39, 0.29) is 0 Å². The van der Waals surface area contributed by atoms with Crippen LogP contribution in [0.4, 0.5) is 0 Å². The number of nitrogens with two attached hydrogens (primary N) is 1. The van der Waals surface area contributed by atoms with E-state index in [1.807, 2.05) is 0 Å². The molecule has 2 N–H and O–H groups in total. The first kappa shape index (κ1) is 9.41. The molecular weight excluding hydrogens is 182 g/mol. The van der Waals surface area contributed by atoms with Crippen molar-refractivity contribution in [3.8, 4) is 0 Å². The highest BCUT2D eigenvalue weighted by atomic mass is 14.6. The summed E-state index contributed by atoms with van der Waals surface area (Å²) in [6.45, 7) is 0.876. The lowest BCUT2D eigenvalue weighted by Gasteiger charge is -2.30. The van der Waals surface area contributed by atoms with Gasteiger partial charge in [-0.2, -0.15) is 0 Å². The molecule has 0 amide bonds. The van der Waals surface area contributed by atoms with Gasteiger partial charge >= 0.3 is 0 Å². The first-order valence-electron chi connectivity index (χ1n) is 6.15. The Bertz CT molecular complexity index is 332. The highest BCUT2D eigenvalue weighted by molar-refractivity contribution is 5.24. The molecule has 0 aliphatic heterocycles. The van der Waals surface area contributed by atoms with Crippen molar-refractivity contribution in [3.63, 3.8) is 0 Å². The van der Waals surface area contributed by atoms with Crippen LogP contribution < -0.4 is 5.73 Å². The Balaban J connectivity index is 1.92. The van der Waals surface area contributed by atoms with Crippen molar-refractivity contribution in [2.75, 3.05) is 6.54 Å². The molecule has 0 spiro atoms. The number of hydrogen-bond acceptors (Lipinski definition) is 1. The van der Waals surface area contributed by atoms with E-state index in [4.69, 9.17) is 5.73 Å². The number of benzene rings is 1. The molecule has 1 nitrogen and oxygen atoms in total. The summed E-state index contributed by atoms with van der Waals surface area (Å²) in [7, 11) is 0. The summed E-state index contributed by atoms with van der Waals surface area (Å²) in [5, 5.41) is 0. The molecule has 2 bridgehead atoms. The molecule has 0 saturated heterocycles. The molecular formula is C14H19N. The Morgan fingerprint density at radius 3 is 2.53 bits per heavy atom. The van der Waals surface area contributed by atoms with E-state index >= 15 is 0 Å². The largest absolute Gasteiger partial charge is 0.330 e. The Morgan fingerprint density at radius 2 is 1.80 bits per heavy atom. The summed E-state index contributed by atoms with van der Waals surface area (Å²) < 4.78 is 0. The van der Waals surface area contributed by atoms with Crippen molar-refractivity contribution in [2.45, 2.75) is 25.2 Å². The Morgan fingerprint density at radius 1 is 1.07 bits per heavy atom. The van der Waals surface area contributed by atoms with Gasteiger partial charge in [0.25, 0.3) is 0 Å². The summed E-state index contributed by atoms with van der Waals surface area (Å²) in [4.78, 5) is 0. The summed E-state index contributed by atoms with van der Waals surface area (Å²) in [5.41, 5.74) is 7.48. The summed E-state index contributed by atoms with van der Waals surface area (Å²) in [6.07, 6.45) is 4.29. The molecule has 1 aromatic carbocycles. The lowest BCUT2D eigenvalue weighted by molar-refractivity contribution is 0.295. The highest BCUT2D eigenvalue weighted by Crippen LogP contribution is 2.56. The Kier molecular flexibility index (Phi) is 2.28. The van der Waals surface area contributed by atoms with Gasteiger partial charge in [-0.25, -0.2) is 0 Å². The fourth-order valence-corrected chi connectivity index (χ4v) is 3.94. The molecule has 1 aromatic rings. The number of fused-ring (bicyclic) bond motifs is 2. The zero-order chi connectivity index (χ0) is 10.3. The van der Waals surface area contributed by atoms with Crippen molar-refractivity contribution in [3.05, 3.63) is 35.9 Å². The van der Waals surface area contributed by atoms with E-state index in [9.17, 15) is 0 Å². The smallest absolute Gasteiger partial charge is 0.00403 e. The van der Waals surface area contributed by atoms with E-state index in [1.165, 1.54) is 24.8 Å². The maximum absolute atomic E-state index is 5.95. The van der Waals surface area contributed by atoms with Gasteiger partial charge in [0.2, 0.25) is 0 Å². The van der Waals surface area contributed by atoms with E-state index in [0.717, 1.165) is 30.2 Å². The minimum atomic E-state index is 0.756. The molecule has 0 aromatic heterocycles. The first-order valence-corrected chi connectivity index (χ1v) is 6.15. The van der Waals surface area contributed by atoms with Crippen molar-refractivity contribution in [1.29, 1.82) is 0 Å². The highest BCUT2D eigenvalue weighted by Gasteiger charge is 2.46. The molecule has 0 heterocycles. The zero-order valence-corrected chi connectivity index (χ0v) is 9.10. The third-order valence-corrected chi connectivity index (χ3v) is 4.55. The van der Waals surface area contributed by atoms with Crippen LogP contribution >= 0.6 is 0 Å². The van der Waals surface area contributed by atoms with E-state index in [1.54, 1.807) is 0 Å². The third-order valence-electron chi connectivity index (χ3n) is 4.55. The topological polar surface area (TPSA) is 26.0 Å². The number of hydrogen-bond donors (Lipinski definition) is 1. The molecule has 2 saturated carbocycles. The number of rotatable bonds is 2. The fraction of sp³-hybridized carbons (Fsp3) is 0.571. The normalized spacial score (nSPS) is 38.5. The van der Waals surface area contributed by atoms with Gasteiger partial charge in [0.15, 0.2) is 0 Å². The maximum Gasteiger partial charge on any atom is -0.00403 e. The quantitative estimate of drug-likeness (QED) is 0.782. The van der Waals surface area contributed by atoms with E-state index in [2.05, 4.69) is 30.3 Å². The average molecular weight is 201 g/mol. The van der Waals surface area contributed by atoms with Crippen LogP contribution in [0, 0.1) is 17.8 Å². The second-order valence-corrected chi connectivity index (χ2v) is 5.17.